The summed E-state index contributed by atoms with van der Waals surface area (Å²) in [6.07, 6.45) is 3.22. The Labute approximate surface area is 187 Å². The second kappa shape index (κ2) is 9.20. The predicted molar refractivity (Wildman–Crippen MR) is 126 cm³/mol. The third-order valence-electron chi connectivity index (χ3n) is 5.90. The summed E-state index contributed by atoms with van der Waals surface area (Å²) in [4.78, 5) is 21.5. The minimum atomic E-state index is -0.0112. The first-order valence-electron chi connectivity index (χ1n) is 10.9. The first-order chi connectivity index (χ1) is 15.8. The highest BCUT2D eigenvalue weighted by molar-refractivity contribution is 5.91. The standard InChI is InChI=1S/C27H25N3O2/c31-26(16-15-25-28-23-13-7-8-14-24(23)32-25)29-17-19-30(20-18-29)27(21-9-3-1-4-10-21)22-11-5-2-6-12-22/h1-16,27H,17-20H2/b16-15+. The fourth-order valence-electron chi connectivity index (χ4n) is 4.29. The molecule has 160 valence electrons. The number of aromatic nitrogens is 1. The lowest BCUT2D eigenvalue weighted by Crippen LogP contribution is -2.49. The molecule has 0 radical (unpaired) electrons. The molecule has 4 aromatic rings. The average Bonchev–Trinajstić information content (AvgIpc) is 3.28. The fraction of sp³-hybridized carbons (Fsp3) is 0.185. The Morgan fingerprint density at radius 2 is 1.41 bits per heavy atom. The summed E-state index contributed by atoms with van der Waals surface area (Å²) in [6.45, 7) is 3.01. The maximum atomic E-state index is 12.8. The highest BCUT2D eigenvalue weighted by atomic mass is 16.3. The van der Waals surface area contributed by atoms with Gasteiger partial charge in [0.1, 0.15) is 5.52 Å². The number of amides is 1. The van der Waals surface area contributed by atoms with Crippen LogP contribution in [0.2, 0.25) is 0 Å². The van der Waals surface area contributed by atoms with Crippen LogP contribution in [-0.4, -0.2) is 46.9 Å². The molecule has 1 saturated heterocycles. The zero-order chi connectivity index (χ0) is 21.8. The third kappa shape index (κ3) is 4.34. The number of fused-ring (bicyclic) bond motifs is 1. The van der Waals surface area contributed by atoms with E-state index in [1.807, 2.05) is 41.3 Å². The first-order valence-corrected chi connectivity index (χ1v) is 10.9. The van der Waals surface area contributed by atoms with Crippen LogP contribution in [0.15, 0.2) is 95.4 Å². The summed E-state index contributed by atoms with van der Waals surface area (Å²) >= 11 is 0. The molecule has 1 aliphatic rings. The molecule has 3 aromatic carbocycles. The number of rotatable bonds is 5. The van der Waals surface area contributed by atoms with Crippen molar-refractivity contribution in [3.8, 4) is 0 Å². The molecule has 2 heterocycles. The third-order valence-corrected chi connectivity index (χ3v) is 5.90. The molecule has 32 heavy (non-hydrogen) atoms. The topological polar surface area (TPSA) is 49.6 Å². The van der Waals surface area contributed by atoms with Crippen LogP contribution in [0, 0.1) is 0 Å². The Kier molecular flexibility index (Phi) is 5.81. The number of hydrogen-bond acceptors (Lipinski definition) is 4. The summed E-state index contributed by atoms with van der Waals surface area (Å²) in [7, 11) is 0. The zero-order valence-electron chi connectivity index (χ0n) is 17.8. The van der Waals surface area contributed by atoms with Crippen molar-refractivity contribution in [2.45, 2.75) is 6.04 Å². The number of para-hydroxylation sites is 2. The number of carbonyl (C=O) groups is 1. The molecule has 1 aliphatic heterocycles. The van der Waals surface area contributed by atoms with Gasteiger partial charge in [-0.3, -0.25) is 9.69 Å². The van der Waals surface area contributed by atoms with Crippen molar-refractivity contribution in [1.82, 2.24) is 14.8 Å². The Morgan fingerprint density at radius 1 is 0.812 bits per heavy atom. The smallest absolute Gasteiger partial charge is 0.246 e. The number of hydrogen-bond donors (Lipinski definition) is 0. The minimum absolute atomic E-state index is 0.0112. The Balaban J connectivity index is 1.26. The van der Waals surface area contributed by atoms with Gasteiger partial charge in [-0.05, 0) is 23.3 Å². The van der Waals surface area contributed by atoms with Crippen molar-refractivity contribution in [2.24, 2.45) is 0 Å². The van der Waals surface area contributed by atoms with Crippen molar-refractivity contribution in [3.63, 3.8) is 0 Å². The second-order valence-corrected chi connectivity index (χ2v) is 7.94. The van der Waals surface area contributed by atoms with Gasteiger partial charge in [0.05, 0.1) is 6.04 Å². The van der Waals surface area contributed by atoms with Crippen LogP contribution in [0.4, 0.5) is 0 Å². The van der Waals surface area contributed by atoms with Gasteiger partial charge < -0.3 is 9.32 Å². The SMILES string of the molecule is O=C(/C=C/c1nc2ccccc2o1)N1CCN(C(c2ccccc2)c2ccccc2)CC1. The van der Waals surface area contributed by atoms with E-state index in [1.165, 1.54) is 11.1 Å². The molecule has 0 N–H and O–H groups in total. The Hall–Kier alpha value is -3.70. The van der Waals surface area contributed by atoms with Crippen LogP contribution in [0.5, 0.6) is 0 Å². The van der Waals surface area contributed by atoms with Gasteiger partial charge in [0.2, 0.25) is 11.8 Å². The molecule has 5 nitrogen and oxygen atoms in total. The van der Waals surface area contributed by atoms with Gasteiger partial charge in [0.15, 0.2) is 5.58 Å². The summed E-state index contributed by atoms with van der Waals surface area (Å²) in [5.41, 5.74) is 4.06. The monoisotopic (exact) mass is 423 g/mol. The lowest BCUT2D eigenvalue weighted by molar-refractivity contribution is -0.127. The molecular formula is C27H25N3O2. The predicted octanol–water partition coefficient (Wildman–Crippen LogP) is 4.77. The van der Waals surface area contributed by atoms with E-state index in [-0.39, 0.29) is 11.9 Å². The van der Waals surface area contributed by atoms with Crippen molar-refractivity contribution in [1.29, 1.82) is 0 Å². The zero-order valence-corrected chi connectivity index (χ0v) is 17.8. The molecule has 0 unspecified atom stereocenters. The normalized spacial score (nSPS) is 15.1. The van der Waals surface area contributed by atoms with E-state index in [4.69, 9.17) is 4.42 Å². The summed E-state index contributed by atoms with van der Waals surface area (Å²) in [5, 5.41) is 0. The van der Waals surface area contributed by atoms with E-state index in [0.717, 1.165) is 24.2 Å². The maximum absolute atomic E-state index is 12.8. The van der Waals surface area contributed by atoms with Gasteiger partial charge in [0.25, 0.3) is 0 Å². The number of carbonyl (C=O) groups excluding carboxylic acids is 1. The Morgan fingerprint density at radius 3 is 2.03 bits per heavy atom. The molecule has 0 bridgehead atoms. The van der Waals surface area contributed by atoms with Crippen molar-refractivity contribution >= 4 is 23.1 Å². The van der Waals surface area contributed by atoms with E-state index in [9.17, 15) is 4.79 Å². The summed E-state index contributed by atoms with van der Waals surface area (Å²) in [5.74, 6) is 0.439. The Bertz CT molecular complexity index is 1140. The van der Waals surface area contributed by atoms with Crippen LogP contribution in [-0.2, 0) is 4.79 Å². The van der Waals surface area contributed by atoms with Gasteiger partial charge in [-0.25, -0.2) is 4.98 Å². The molecule has 5 heteroatoms. The molecule has 5 rings (SSSR count). The van der Waals surface area contributed by atoms with E-state index in [2.05, 4.69) is 58.4 Å². The quantitative estimate of drug-likeness (QED) is 0.434. The lowest BCUT2D eigenvalue weighted by Gasteiger charge is -2.39. The van der Waals surface area contributed by atoms with E-state index in [1.54, 1.807) is 12.2 Å². The number of nitrogens with zero attached hydrogens (tertiary/aromatic N) is 3. The molecule has 0 atom stereocenters. The van der Waals surface area contributed by atoms with Crippen molar-refractivity contribution in [2.75, 3.05) is 26.2 Å². The molecule has 0 saturated carbocycles. The van der Waals surface area contributed by atoms with Crippen molar-refractivity contribution < 1.29 is 9.21 Å². The minimum Gasteiger partial charge on any atom is -0.437 e. The van der Waals surface area contributed by atoms with Crippen LogP contribution in [0.3, 0.4) is 0 Å². The van der Waals surface area contributed by atoms with Gasteiger partial charge in [0, 0.05) is 38.3 Å². The average molecular weight is 424 g/mol. The van der Waals surface area contributed by atoms with Gasteiger partial charge in [-0.1, -0.05) is 72.8 Å². The molecule has 0 aliphatic carbocycles. The number of benzene rings is 3. The maximum Gasteiger partial charge on any atom is 0.246 e. The first kappa shape index (κ1) is 20.2. The van der Waals surface area contributed by atoms with Gasteiger partial charge in [-0.2, -0.15) is 0 Å². The van der Waals surface area contributed by atoms with E-state index in [0.29, 0.717) is 19.0 Å². The summed E-state index contributed by atoms with van der Waals surface area (Å²) in [6, 6.07) is 28.9. The molecule has 1 aromatic heterocycles. The van der Waals surface area contributed by atoms with Crippen molar-refractivity contribution in [3.05, 3.63) is 108 Å². The van der Waals surface area contributed by atoms with E-state index >= 15 is 0 Å². The van der Waals surface area contributed by atoms with Crippen LogP contribution in [0.1, 0.15) is 23.1 Å². The molecular weight excluding hydrogens is 398 g/mol. The van der Waals surface area contributed by atoms with Crippen LogP contribution in [0.25, 0.3) is 17.2 Å². The number of oxazole rings is 1. The van der Waals surface area contributed by atoms with Crippen LogP contribution >= 0.6 is 0 Å². The van der Waals surface area contributed by atoms with Gasteiger partial charge in [-0.15, -0.1) is 0 Å². The van der Waals surface area contributed by atoms with E-state index < -0.39 is 0 Å². The molecule has 1 amide bonds. The van der Waals surface area contributed by atoms with Crippen LogP contribution < -0.4 is 0 Å². The molecule has 1 fully saturated rings. The highest BCUT2D eigenvalue weighted by Crippen LogP contribution is 2.29. The fourth-order valence-corrected chi connectivity index (χ4v) is 4.29. The highest BCUT2D eigenvalue weighted by Gasteiger charge is 2.27. The second-order valence-electron chi connectivity index (χ2n) is 7.94. The largest absolute Gasteiger partial charge is 0.437 e. The number of piperazine rings is 1. The van der Waals surface area contributed by atoms with Gasteiger partial charge >= 0.3 is 0 Å². The summed E-state index contributed by atoms with van der Waals surface area (Å²) < 4.78 is 5.68. The molecule has 0 spiro atoms. The lowest BCUT2D eigenvalue weighted by atomic mass is 9.96.